The highest BCUT2D eigenvalue weighted by molar-refractivity contribution is 7.14. The fourth-order valence-corrected chi connectivity index (χ4v) is 3.03. The van der Waals surface area contributed by atoms with Crippen molar-refractivity contribution in [3.05, 3.63) is 23.6 Å². The maximum atomic E-state index is 12.0. The lowest BCUT2D eigenvalue weighted by Gasteiger charge is -2.08. The van der Waals surface area contributed by atoms with Crippen LogP contribution < -0.4 is 14.8 Å². The second-order valence-corrected chi connectivity index (χ2v) is 6.14. The van der Waals surface area contributed by atoms with E-state index in [0.717, 1.165) is 35.6 Å². The quantitative estimate of drug-likeness (QED) is 0.908. The van der Waals surface area contributed by atoms with Crippen molar-refractivity contribution in [1.29, 1.82) is 0 Å². The molecule has 1 aliphatic rings. The van der Waals surface area contributed by atoms with Crippen LogP contribution in [0.15, 0.2) is 23.6 Å². The summed E-state index contributed by atoms with van der Waals surface area (Å²) in [6.45, 7) is 4.27. The second kappa shape index (κ2) is 6.36. The molecule has 0 spiro atoms. The molecule has 1 amide bonds. The number of nitrogens with zero attached hydrogens (tertiary/aromatic N) is 1. The van der Waals surface area contributed by atoms with E-state index in [2.05, 4.69) is 17.2 Å². The van der Waals surface area contributed by atoms with Gasteiger partial charge >= 0.3 is 0 Å². The van der Waals surface area contributed by atoms with Crippen molar-refractivity contribution in [1.82, 2.24) is 4.98 Å². The Morgan fingerprint density at radius 2 is 2.23 bits per heavy atom. The van der Waals surface area contributed by atoms with Gasteiger partial charge < -0.3 is 14.8 Å². The molecule has 0 fully saturated rings. The predicted molar refractivity (Wildman–Crippen MR) is 86.4 cm³/mol. The summed E-state index contributed by atoms with van der Waals surface area (Å²) in [7, 11) is 0. The minimum Gasteiger partial charge on any atom is -0.454 e. The van der Waals surface area contributed by atoms with E-state index in [1.54, 1.807) is 0 Å². The first kappa shape index (κ1) is 14.8. The first-order valence-electron chi connectivity index (χ1n) is 7.33. The Balaban J connectivity index is 1.72. The topological polar surface area (TPSA) is 60.5 Å². The van der Waals surface area contributed by atoms with Crippen molar-refractivity contribution in [2.45, 2.75) is 26.7 Å². The van der Waals surface area contributed by atoms with Crippen molar-refractivity contribution in [2.24, 2.45) is 5.92 Å². The van der Waals surface area contributed by atoms with Gasteiger partial charge in [-0.25, -0.2) is 4.98 Å². The van der Waals surface area contributed by atoms with Crippen LogP contribution in [0.25, 0.3) is 11.3 Å². The van der Waals surface area contributed by atoms with Gasteiger partial charge in [-0.3, -0.25) is 4.79 Å². The van der Waals surface area contributed by atoms with Gasteiger partial charge in [0.2, 0.25) is 12.7 Å². The lowest BCUT2D eigenvalue weighted by Crippen LogP contribution is -2.20. The van der Waals surface area contributed by atoms with Crippen molar-refractivity contribution in [3.63, 3.8) is 0 Å². The zero-order valence-corrected chi connectivity index (χ0v) is 13.4. The highest BCUT2D eigenvalue weighted by atomic mass is 32.1. The van der Waals surface area contributed by atoms with Crippen molar-refractivity contribution in [2.75, 3.05) is 12.1 Å². The number of anilines is 1. The number of nitrogens with one attached hydrogen (secondary N) is 1. The molecular weight excluding hydrogens is 300 g/mol. The fourth-order valence-electron chi connectivity index (χ4n) is 2.31. The van der Waals surface area contributed by atoms with E-state index in [1.165, 1.54) is 11.3 Å². The van der Waals surface area contributed by atoms with E-state index in [9.17, 15) is 4.79 Å². The Kier molecular flexibility index (Phi) is 4.29. The molecule has 1 aliphatic heterocycles. The van der Waals surface area contributed by atoms with Gasteiger partial charge in [-0.2, -0.15) is 0 Å². The number of hydrogen-bond acceptors (Lipinski definition) is 5. The van der Waals surface area contributed by atoms with Crippen LogP contribution in [0.5, 0.6) is 11.5 Å². The third kappa shape index (κ3) is 3.06. The van der Waals surface area contributed by atoms with E-state index in [0.29, 0.717) is 5.13 Å². The molecule has 1 N–H and O–H groups in total. The van der Waals surface area contributed by atoms with Crippen LogP contribution in [-0.4, -0.2) is 17.7 Å². The number of carbonyl (C=O) groups is 1. The zero-order valence-electron chi connectivity index (χ0n) is 12.6. The van der Waals surface area contributed by atoms with E-state index >= 15 is 0 Å². The first-order chi connectivity index (χ1) is 10.7. The summed E-state index contributed by atoms with van der Waals surface area (Å²) in [5.41, 5.74) is 1.77. The fraction of sp³-hybridized carbons (Fsp3) is 0.375. The average molecular weight is 318 g/mol. The Morgan fingerprint density at radius 3 is 3.05 bits per heavy atom. The van der Waals surface area contributed by atoms with Crippen LogP contribution in [0, 0.1) is 5.92 Å². The van der Waals surface area contributed by atoms with Crippen LogP contribution in [0.1, 0.15) is 26.7 Å². The Morgan fingerprint density at radius 1 is 1.41 bits per heavy atom. The first-order valence-corrected chi connectivity index (χ1v) is 8.21. The van der Waals surface area contributed by atoms with Gasteiger partial charge in [-0.15, -0.1) is 11.3 Å². The van der Waals surface area contributed by atoms with E-state index < -0.39 is 0 Å². The molecule has 5 nitrogen and oxygen atoms in total. The summed E-state index contributed by atoms with van der Waals surface area (Å²) < 4.78 is 10.7. The maximum absolute atomic E-state index is 12.0. The van der Waals surface area contributed by atoms with E-state index in [4.69, 9.17) is 9.47 Å². The molecule has 0 aliphatic carbocycles. The van der Waals surface area contributed by atoms with Gasteiger partial charge in [-0.1, -0.05) is 20.3 Å². The van der Waals surface area contributed by atoms with Crippen LogP contribution >= 0.6 is 11.3 Å². The van der Waals surface area contributed by atoms with Gasteiger partial charge in [0, 0.05) is 16.9 Å². The Labute approximate surface area is 133 Å². The summed E-state index contributed by atoms with van der Waals surface area (Å²) in [5.74, 6) is 1.50. The third-order valence-electron chi connectivity index (χ3n) is 3.57. The normalized spacial score (nSPS) is 13.9. The minimum atomic E-state index is 0.00268. The summed E-state index contributed by atoms with van der Waals surface area (Å²) in [5, 5.41) is 5.44. The zero-order chi connectivity index (χ0) is 15.5. The molecule has 6 heteroatoms. The standard InChI is InChI=1S/C16H18N2O3S/c1-3-4-10(2)15(19)18-16-17-12(8-22-16)11-5-6-13-14(7-11)21-9-20-13/h5-8,10H,3-4,9H2,1-2H3,(H,17,18,19). The highest BCUT2D eigenvalue weighted by Gasteiger charge is 2.16. The van der Waals surface area contributed by atoms with Crippen molar-refractivity contribution < 1.29 is 14.3 Å². The number of rotatable bonds is 5. The number of carbonyl (C=O) groups excluding carboxylic acids is 1. The Bertz CT molecular complexity index is 684. The van der Waals surface area contributed by atoms with Gasteiger partial charge in [0.15, 0.2) is 16.6 Å². The molecule has 1 atom stereocenters. The van der Waals surface area contributed by atoms with Crippen LogP contribution in [0.2, 0.25) is 0 Å². The molecule has 22 heavy (non-hydrogen) atoms. The molecule has 116 valence electrons. The molecule has 0 saturated heterocycles. The SMILES string of the molecule is CCCC(C)C(=O)Nc1nc(-c2ccc3c(c2)OCO3)cs1. The van der Waals surface area contributed by atoms with Crippen molar-refractivity contribution in [3.8, 4) is 22.8 Å². The van der Waals surface area contributed by atoms with Crippen LogP contribution in [0.4, 0.5) is 5.13 Å². The molecule has 1 aromatic heterocycles. The summed E-state index contributed by atoms with van der Waals surface area (Å²) in [6, 6.07) is 5.72. The van der Waals surface area contributed by atoms with Gasteiger partial charge in [0.1, 0.15) is 0 Å². The van der Waals surface area contributed by atoms with E-state index in [1.807, 2.05) is 30.5 Å². The van der Waals surface area contributed by atoms with E-state index in [-0.39, 0.29) is 18.6 Å². The van der Waals surface area contributed by atoms with Gasteiger partial charge in [0.05, 0.1) is 5.69 Å². The number of aromatic nitrogens is 1. The second-order valence-electron chi connectivity index (χ2n) is 5.28. The molecule has 2 aromatic rings. The molecule has 1 unspecified atom stereocenters. The molecule has 0 bridgehead atoms. The maximum Gasteiger partial charge on any atom is 0.231 e. The number of benzene rings is 1. The Hall–Kier alpha value is -2.08. The summed E-state index contributed by atoms with van der Waals surface area (Å²) >= 11 is 1.43. The van der Waals surface area contributed by atoms with Crippen molar-refractivity contribution >= 4 is 22.4 Å². The number of amides is 1. The summed E-state index contributed by atoms with van der Waals surface area (Å²) in [6.07, 6.45) is 1.88. The lowest BCUT2D eigenvalue weighted by atomic mass is 10.1. The number of hydrogen-bond donors (Lipinski definition) is 1. The number of thiazole rings is 1. The lowest BCUT2D eigenvalue weighted by molar-refractivity contribution is -0.119. The molecule has 3 rings (SSSR count). The smallest absolute Gasteiger partial charge is 0.231 e. The average Bonchev–Trinajstić information content (AvgIpc) is 3.15. The largest absolute Gasteiger partial charge is 0.454 e. The number of fused-ring (bicyclic) bond motifs is 1. The van der Waals surface area contributed by atoms with Gasteiger partial charge in [-0.05, 0) is 24.6 Å². The van der Waals surface area contributed by atoms with Gasteiger partial charge in [0.25, 0.3) is 0 Å². The van der Waals surface area contributed by atoms with Crippen LogP contribution in [0.3, 0.4) is 0 Å². The molecule has 2 heterocycles. The highest BCUT2D eigenvalue weighted by Crippen LogP contribution is 2.36. The third-order valence-corrected chi connectivity index (χ3v) is 4.33. The molecule has 0 radical (unpaired) electrons. The van der Waals surface area contributed by atoms with Crippen LogP contribution in [-0.2, 0) is 4.79 Å². The molecular formula is C16H18N2O3S. The molecule has 1 aromatic carbocycles. The predicted octanol–water partition coefficient (Wildman–Crippen LogP) is 3.91. The molecule has 0 saturated carbocycles. The monoisotopic (exact) mass is 318 g/mol. The summed E-state index contributed by atoms with van der Waals surface area (Å²) in [4.78, 5) is 16.5. The minimum absolute atomic E-state index is 0.00268. The number of ether oxygens (including phenoxy) is 2.